The average molecular weight is 152 g/mol. The van der Waals surface area contributed by atoms with Crippen molar-refractivity contribution in [2.24, 2.45) is 0 Å². The molecule has 1 aliphatic heterocycles. The Morgan fingerprint density at radius 1 is 1.55 bits per heavy atom. The second-order valence-corrected chi connectivity index (χ2v) is 2.73. The van der Waals surface area contributed by atoms with Crippen molar-refractivity contribution in [1.29, 1.82) is 0 Å². The van der Waals surface area contributed by atoms with Crippen LogP contribution in [0.4, 0.5) is 0 Å². The van der Waals surface area contributed by atoms with Crippen molar-refractivity contribution in [2.45, 2.75) is 6.04 Å². The lowest BCUT2D eigenvalue weighted by Crippen LogP contribution is -2.34. The minimum Gasteiger partial charge on any atom is -0.378 e. The first-order chi connectivity index (χ1) is 5.47. The minimum atomic E-state index is 0.384. The molecule has 2 heterocycles. The second kappa shape index (κ2) is 3.07. The zero-order valence-electron chi connectivity index (χ0n) is 6.34. The number of hydrogen-bond acceptors (Lipinski definition) is 2. The molecule has 0 unspecified atom stereocenters. The van der Waals surface area contributed by atoms with Gasteiger partial charge in [-0.15, -0.1) is 0 Å². The summed E-state index contributed by atoms with van der Waals surface area (Å²) in [6.07, 6.45) is 3.94. The van der Waals surface area contributed by atoms with Crippen LogP contribution in [0, 0.1) is 0 Å². The number of aromatic nitrogens is 1. The molecule has 1 saturated heterocycles. The summed E-state index contributed by atoms with van der Waals surface area (Å²) < 4.78 is 5.33. The molecule has 2 N–H and O–H groups in total. The molecule has 0 amide bonds. The van der Waals surface area contributed by atoms with E-state index in [0.717, 1.165) is 19.8 Å². The molecule has 11 heavy (non-hydrogen) atoms. The molecule has 0 saturated carbocycles. The quantitative estimate of drug-likeness (QED) is 0.620. The summed E-state index contributed by atoms with van der Waals surface area (Å²) in [7, 11) is 0. The maximum Gasteiger partial charge on any atom is 0.0662 e. The Bertz CT molecular complexity index is 202. The van der Waals surface area contributed by atoms with Gasteiger partial charge in [0.1, 0.15) is 0 Å². The highest BCUT2D eigenvalue weighted by Gasteiger charge is 2.14. The van der Waals surface area contributed by atoms with Gasteiger partial charge in [0.2, 0.25) is 0 Å². The maximum atomic E-state index is 5.33. The molecular formula is C8H12N2O. The van der Waals surface area contributed by atoms with Gasteiger partial charge < -0.3 is 15.0 Å². The van der Waals surface area contributed by atoms with Crippen molar-refractivity contribution in [1.82, 2.24) is 10.3 Å². The van der Waals surface area contributed by atoms with Gasteiger partial charge in [-0.1, -0.05) is 0 Å². The second-order valence-electron chi connectivity index (χ2n) is 2.73. The van der Waals surface area contributed by atoms with Crippen LogP contribution in [0.15, 0.2) is 18.5 Å². The van der Waals surface area contributed by atoms with Gasteiger partial charge in [0, 0.05) is 18.9 Å². The van der Waals surface area contributed by atoms with E-state index in [1.165, 1.54) is 5.56 Å². The van der Waals surface area contributed by atoms with Gasteiger partial charge in [0.15, 0.2) is 0 Å². The first-order valence-electron chi connectivity index (χ1n) is 3.90. The van der Waals surface area contributed by atoms with Gasteiger partial charge in [-0.2, -0.15) is 0 Å². The summed E-state index contributed by atoms with van der Waals surface area (Å²) in [6, 6.07) is 2.46. The molecule has 0 spiro atoms. The van der Waals surface area contributed by atoms with E-state index in [4.69, 9.17) is 4.74 Å². The lowest BCUT2D eigenvalue weighted by molar-refractivity contribution is 0.0769. The molecule has 0 bridgehead atoms. The van der Waals surface area contributed by atoms with E-state index < -0.39 is 0 Å². The standard InChI is InChI=1S/C8H12N2O/c1-2-9-5-7(1)8-6-11-4-3-10-8/h1-2,5,8-10H,3-4,6H2/t8-/m0/s1. The van der Waals surface area contributed by atoms with E-state index >= 15 is 0 Å². The number of hydrogen-bond donors (Lipinski definition) is 2. The molecule has 60 valence electrons. The topological polar surface area (TPSA) is 37.0 Å². The molecule has 1 aliphatic rings. The number of rotatable bonds is 1. The summed E-state index contributed by atoms with van der Waals surface area (Å²) in [4.78, 5) is 3.03. The van der Waals surface area contributed by atoms with Crippen LogP contribution in [0.25, 0.3) is 0 Å². The van der Waals surface area contributed by atoms with Gasteiger partial charge in [0.05, 0.1) is 19.3 Å². The predicted molar refractivity (Wildman–Crippen MR) is 42.4 cm³/mol. The first-order valence-corrected chi connectivity index (χ1v) is 3.90. The summed E-state index contributed by atoms with van der Waals surface area (Å²) in [5.41, 5.74) is 1.28. The van der Waals surface area contributed by atoms with Gasteiger partial charge in [-0.25, -0.2) is 0 Å². The van der Waals surface area contributed by atoms with Gasteiger partial charge >= 0.3 is 0 Å². The molecule has 2 rings (SSSR count). The minimum absolute atomic E-state index is 0.384. The molecule has 3 nitrogen and oxygen atoms in total. The SMILES string of the molecule is c1cc([C@@H]2COCCN2)c[nH]1. The van der Waals surface area contributed by atoms with Crippen molar-refractivity contribution in [3.05, 3.63) is 24.0 Å². The Morgan fingerprint density at radius 2 is 2.55 bits per heavy atom. The fraction of sp³-hybridized carbons (Fsp3) is 0.500. The van der Waals surface area contributed by atoms with Crippen LogP contribution in [0.1, 0.15) is 11.6 Å². The molecule has 1 aromatic heterocycles. The largest absolute Gasteiger partial charge is 0.378 e. The predicted octanol–water partition coefficient (Wildman–Crippen LogP) is 0.676. The zero-order chi connectivity index (χ0) is 7.52. The zero-order valence-corrected chi connectivity index (χ0v) is 6.34. The van der Waals surface area contributed by atoms with E-state index in [1.807, 2.05) is 12.4 Å². The Morgan fingerprint density at radius 3 is 3.18 bits per heavy atom. The molecule has 0 radical (unpaired) electrons. The van der Waals surface area contributed by atoms with Crippen molar-refractivity contribution in [3.63, 3.8) is 0 Å². The Labute approximate surface area is 65.8 Å². The van der Waals surface area contributed by atoms with Gasteiger partial charge in [-0.05, 0) is 11.6 Å². The van der Waals surface area contributed by atoms with Crippen molar-refractivity contribution in [3.8, 4) is 0 Å². The highest BCUT2D eigenvalue weighted by Crippen LogP contribution is 2.13. The molecule has 1 fully saturated rings. The first kappa shape index (κ1) is 6.88. The van der Waals surface area contributed by atoms with Crippen LogP contribution in [-0.2, 0) is 4.74 Å². The van der Waals surface area contributed by atoms with E-state index in [-0.39, 0.29) is 0 Å². The molecule has 0 aromatic carbocycles. The third kappa shape index (κ3) is 1.44. The molecule has 1 atom stereocenters. The number of aromatic amines is 1. The summed E-state index contributed by atoms with van der Waals surface area (Å²) >= 11 is 0. The number of H-pyrrole nitrogens is 1. The summed E-state index contributed by atoms with van der Waals surface area (Å²) in [5, 5.41) is 3.38. The fourth-order valence-electron chi connectivity index (χ4n) is 1.33. The lowest BCUT2D eigenvalue weighted by Gasteiger charge is -2.22. The van der Waals surface area contributed by atoms with Crippen LogP contribution in [0.3, 0.4) is 0 Å². The van der Waals surface area contributed by atoms with E-state index in [9.17, 15) is 0 Å². The van der Waals surface area contributed by atoms with Crippen molar-refractivity contribution >= 4 is 0 Å². The lowest BCUT2D eigenvalue weighted by atomic mass is 10.1. The van der Waals surface area contributed by atoms with Crippen LogP contribution >= 0.6 is 0 Å². The smallest absolute Gasteiger partial charge is 0.0662 e. The van der Waals surface area contributed by atoms with Crippen LogP contribution in [0.2, 0.25) is 0 Å². The highest BCUT2D eigenvalue weighted by atomic mass is 16.5. The fourth-order valence-corrected chi connectivity index (χ4v) is 1.33. The highest BCUT2D eigenvalue weighted by molar-refractivity contribution is 5.14. The van der Waals surface area contributed by atoms with E-state index in [2.05, 4.69) is 16.4 Å². The third-order valence-corrected chi connectivity index (χ3v) is 1.95. The molecule has 3 heteroatoms. The normalized spacial score (nSPS) is 25.3. The van der Waals surface area contributed by atoms with Crippen LogP contribution < -0.4 is 5.32 Å². The van der Waals surface area contributed by atoms with Crippen molar-refractivity contribution in [2.75, 3.05) is 19.8 Å². The number of ether oxygens (including phenoxy) is 1. The Balaban J connectivity index is 2.04. The van der Waals surface area contributed by atoms with E-state index in [1.54, 1.807) is 0 Å². The Hall–Kier alpha value is -0.800. The van der Waals surface area contributed by atoms with Gasteiger partial charge in [-0.3, -0.25) is 0 Å². The van der Waals surface area contributed by atoms with Crippen molar-refractivity contribution < 1.29 is 4.74 Å². The summed E-state index contributed by atoms with van der Waals surface area (Å²) in [6.45, 7) is 2.58. The number of nitrogens with one attached hydrogen (secondary N) is 2. The van der Waals surface area contributed by atoms with Crippen LogP contribution in [0.5, 0.6) is 0 Å². The summed E-state index contributed by atoms with van der Waals surface area (Å²) in [5.74, 6) is 0. The van der Waals surface area contributed by atoms with Gasteiger partial charge in [0.25, 0.3) is 0 Å². The maximum absolute atomic E-state index is 5.33. The Kier molecular flexibility index (Phi) is 1.92. The molecular weight excluding hydrogens is 140 g/mol. The van der Waals surface area contributed by atoms with Crippen LogP contribution in [-0.4, -0.2) is 24.7 Å². The average Bonchev–Trinajstić information content (AvgIpc) is 2.58. The third-order valence-electron chi connectivity index (χ3n) is 1.95. The molecule has 0 aliphatic carbocycles. The van der Waals surface area contributed by atoms with E-state index in [0.29, 0.717) is 6.04 Å². The molecule has 1 aromatic rings. The monoisotopic (exact) mass is 152 g/mol. The number of morpholine rings is 1.